The Labute approximate surface area is 132 Å². The van der Waals surface area contributed by atoms with Crippen LogP contribution in [0.1, 0.15) is 46.3 Å². The van der Waals surface area contributed by atoms with Crippen LogP contribution in [-0.2, 0) is 4.79 Å². The number of carbonyl (C=O) groups is 1. The van der Waals surface area contributed by atoms with E-state index in [1.165, 1.54) is 0 Å². The second kappa shape index (κ2) is 7.61. The third-order valence-electron chi connectivity index (χ3n) is 3.30. The third kappa shape index (κ3) is 5.66. The normalized spacial score (nSPS) is 14.5. The molecule has 4 N–H and O–H groups in total. The van der Waals surface area contributed by atoms with Crippen LogP contribution in [0, 0.1) is 5.41 Å². The number of nitrogens with two attached hydrogens (primary N) is 1. The maximum absolute atomic E-state index is 12.0. The molecule has 0 aromatic heterocycles. The molecule has 0 bridgehead atoms. The minimum Gasteiger partial charge on any atom is -0.491 e. The van der Waals surface area contributed by atoms with E-state index in [1.54, 1.807) is 12.1 Å². The van der Waals surface area contributed by atoms with Crippen LogP contribution >= 0.6 is 0 Å². The Balaban J connectivity index is 2.62. The highest BCUT2D eigenvalue weighted by Gasteiger charge is 2.27. The van der Waals surface area contributed by atoms with Crippen molar-refractivity contribution in [2.45, 2.75) is 52.9 Å². The van der Waals surface area contributed by atoms with Gasteiger partial charge >= 0.3 is 0 Å². The molecule has 5 nitrogen and oxygen atoms in total. The van der Waals surface area contributed by atoms with E-state index in [9.17, 15) is 9.90 Å². The summed E-state index contributed by atoms with van der Waals surface area (Å²) in [6.45, 7) is 9.71. The molecule has 22 heavy (non-hydrogen) atoms. The van der Waals surface area contributed by atoms with E-state index < -0.39 is 12.1 Å². The zero-order valence-corrected chi connectivity index (χ0v) is 14.1. The van der Waals surface area contributed by atoms with E-state index in [2.05, 4.69) is 5.32 Å². The number of hydrogen-bond donors (Lipinski definition) is 3. The molecule has 0 aliphatic carbocycles. The van der Waals surface area contributed by atoms with Crippen molar-refractivity contribution in [3.63, 3.8) is 0 Å². The molecular weight excluding hydrogens is 280 g/mol. The standard InChI is InChI=1S/C17H28N2O3/c1-11(2)22-13-8-6-7-12(9-13)14(20)10-19-16(21)15(18)17(3,4)5/h6-9,11,14-15,20H,10,18H2,1-5H3,(H,19,21)/t14?,15-/m1/s1. The molecule has 1 amide bonds. The SMILES string of the molecule is CC(C)Oc1cccc(C(O)CNC(=O)[C@@H](N)C(C)(C)C)c1. The van der Waals surface area contributed by atoms with Gasteiger partial charge in [0.1, 0.15) is 5.75 Å². The van der Waals surface area contributed by atoms with Gasteiger partial charge in [-0.2, -0.15) is 0 Å². The van der Waals surface area contributed by atoms with Crippen molar-refractivity contribution in [3.8, 4) is 5.75 Å². The van der Waals surface area contributed by atoms with Gasteiger partial charge in [-0.25, -0.2) is 0 Å². The van der Waals surface area contributed by atoms with Crippen LogP contribution in [-0.4, -0.2) is 29.7 Å². The summed E-state index contributed by atoms with van der Waals surface area (Å²) in [5, 5.41) is 12.9. The Kier molecular flexibility index (Phi) is 6.38. The summed E-state index contributed by atoms with van der Waals surface area (Å²) in [7, 11) is 0. The molecule has 1 aromatic rings. The zero-order valence-electron chi connectivity index (χ0n) is 14.1. The van der Waals surface area contributed by atoms with Crippen LogP contribution in [0.4, 0.5) is 0 Å². The van der Waals surface area contributed by atoms with Crippen molar-refractivity contribution in [2.24, 2.45) is 11.1 Å². The highest BCUT2D eigenvalue weighted by molar-refractivity contribution is 5.82. The minimum atomic E-state index is -0.799. The first-order valence-corrected chi connectivity index (χ1v) is 7.59. The van der Waals surface area contributed by atoms with Gasteiger partial charge in [0.05, 0.1) is 18.2 Å². The molecule has 0 spiro atoms. The second-order valence-electron chi connectivity index (χ2n) is 6.84. The van der Waals surface area contributed by atoms with E-state index >= 15 is 0 Å². The lowest BCUT2D eigenvalue weighted by atomic mass is 9.87. The van der Waals surface area contributed by atoms with Gasteiger partial charge in [0.25, 0.3) is 0 Å². The van der Waals surface area contributed by atoms with Gasteiger partial charge in [0.15, 0.2) is 0 Å². The molecule has 0 aliphatic rings. The average Bonchev–Trinajstić information content (AvgIpc) is 2.42. The van der Waals surface area contributed by atoms with Gasteiger partial charge in [-0.1, -0.05) is 32.9 Å². The van der Waals surface area contributed by atoms with Gasteiger partial charge < -0.3 is 20.9 Å². The van der Waals surface area contributed by atoms with Crippen molar-refractivity contribution < 1.29 is 14.6 Å². The van der Waals surface area contributed by atoms with Crippen LogP contribution in [0.15, 0.2) is 24.3 Å². The van der Waals surface area contributed by atoms with Crippen LogP contribution in [0.2, 0.25) is 0 Å². The molecular formula is C17H28N2O3. The maximum Gasteiger partial charge on any atom is 0.237 e. The fraction of sp³-hybridized carbons (Fsp3) is 0.588. The molecule has 0 saturated heterocycles. The van der Waals surface area contributed by atoms with Crippen LogP contribution < -0.4 is 15.8 Å². The number of aliphatic hydroxyl groups is 1. The van der Waals surface area contributed by atoms with Gasteiger partial charge in [-0.3, -0.25) is 4.79 Å². The van der Waals surface area contributed by atoms with E-state index in [1.807, 2.05) is 46.8 Å². The Morgan fingerprint density at radius 1 is 1.36 bits per heavy atom. The Morgan fingerprint density at radius 3 is 2.55 bits per heavy atom. The summed E-state index contributed by atoms with van der Waals surface area (Å²) >= 11 is 0. The first-order valence-electron chi connectivity index (χ1n) is 7.59. The molecule has 2 atom stereocenters. The number of rotatable bonds is 6. The lowest BCUT2D eigenvalue weighted by Crippen LogP contribution is -2.49. The molecule has 0 fully saturated rings. The van der Waals surface area contributed by atoms with Gasteiger partial charge in [0, 0.05) is 6.54 Å². The summed E-state index contributed by atoms with van der Waals surface area (Å²) in [6.07, 6.45) is -0.733. The summed E-state index contributed by atoms with van der Waals surface area (Å²) in [5.41, 5.74) is 6.26. The molecule has 124 valence electrons. The molecule has 0 heterocycles. The van der Waals surface area contributed by atoms with Gasteiger partial charge in [-0.05, 0) is 37.0 Å². The van der Waals surface area contributed by atoms with Crippen LogP contribution in [0.25, 0.3) is 0 Å². The predicted octanol–water partition coefficient (Wildman–Crippen LogP) is 2.00. The summed E-state index contributed by atoms with van der Waals surface area (Å²) < 4.78 is 5.60. The fourth-order valence-corrected chi connectivity index (χ4v) is 1.89. The number of amides is 1. The molecule has 0 radical (unpaired) electrons. The lowest BCUT2D eigenvalue weighted by Gasteiger charge is -2.26. The maximum atomic E-state index is 12.0. The first kappa shape index (κ1) is 18.5. The van der Waals surface area contributed by atoms with Crippen molar-refractivity contribution in [3.05, 3.63) is 29.8 Å². The van der Waals surface area contributed by atoms with Crippen LogP contribution in [0.3, 0.4) is 0 Å². The van der Waals surface area contributed by atoms with Crippen molar-refractivity contribution >= 4 is 5.91 Å². The smallest absolute Gasteiger partial charge is 0.237 e. The Bertz CT molecular complexity index is 495. The number of nitrogens with one attached hydrogen (secondary N) is 1. The minimum absolute atomic E-state index is 0.0666. The Hall–Kier alpha value is -1.59. The molecule has 1 aromatic carbocycles. The summed E-state index contributed by atoms with van der Waals surface area (Å²) in [6, 6.07) is 6.62. The number of aliphatic hydroxyl groups excluding tert-OH is 1. The summed E-state index contributed by atoms with van der Waals surface area (Å²) in [5.74, 6) is 0.436. The monoisotopic (exact) mass is 308 g/mol. The van der Waals surface area contributed by atoms with Gasteiger partial charge in [0.2, 0.25) is 5.91 Å². The average molecular weight is 308 g/mol. The van der Waals surface area contributed by atoms with E-state index in [0.717, 1.165) is 0 Å². The quantitative estimate of drug-likeness (QED) is 0.750. The Morgan fingerprint density at radius 2 is 2.00 bits per heavy atom. The topological polar surface area (TPSA) is 84.6 Å². The number of benzene rings is 1. The highest BCUT2D eigenvalue weighted by Crippen LogP contribution is 2.20. The van der Waals surface area contributed by atoms with Crippen LogP contribution in [0.5, 0.6) is 5.75 Å². The lowest BCUT2D eigenvalue weighted by molar-refractivity contribution is -0.125. The fourth-order valence-electron chi connectivity index (χ4n) is 1.89. The predicted molar refractivity (Wildman–Crippen MR) is 87.6 cm³/mol. The van der Waals surface area contributed by atoms with E-state index in [0.29, 0.717) is 11.3 Å². The number of carbonyl (C=O) groups excluding carboxylic acids is 1. The summed E-state index contributed by atoms with van der Waals surface area (Å²) in [4.78, 5) is 12.0. The van der Waals surface area contributed by atoms with Crippen molar-refractivity contribution in [1.82, 2.24) is 5.32 Å². The molecule has 1 rings (SSSR count). The molecule has 0 aliphatic heterocycles. The first-order chi connectivity index (χ1) is 10.1. The number of ether oxygens (including phenoxy) is 1. The second-order valence-corrected chi connectivity index (χ2v) is 6.84. The molecule has 0 saturated carbocycles. The van der Waals surface area contributed by atoms with Crippen molar-refractivity contribution in [1.29, 1.82) is 0 Å². The molecule has 5 heteroatoms. The van der Waals surface area contributed by atoms with E-state index in [-0.39, 0.29) is 24.0 Å². The van der Waals surface area contributed by atoms with Crippen molar-refractivity contribution in [2.75, 3.05) is 6.54 Å². The largest absolute Gasteiger partial charge is 0.491 e. The highest BCUT2D eigenvalue weighted by atomic mass is 16.5. The number of hydrogen-bond acceptors (Lipinski definition) is 4. The van der Waals surface area contributed by atoms with Gasteiger partial charge in [-0.15, -0.1) is 0 Å². The zero-order chi connectivity index (χ0) is 16.9. The molecule has 1 unspecified atom stereocenters. The third-order valence-corrected chi connectivity index (χ3v) is 3.30. The van der Waals surface area contributed by atoms with E-state index in [4.69, 9.17) is 10.5 Å².